The zero-order valence-corrected chi connectivity index (χ0v) is 14.9. The van der Waals surface area contributed by atoms with Crippen molar-refractivity contribution in [3.05, 3.63) is 33.4 Å². The number of nitrogens with zero attached hydrogens (tertiary/aromatic N) is 2. The molecule has 142 valence electrons. The Bertz CT molecular complexity index is 852. The number of H-pyrrole nitrogens is 1. The monoisotopic (exact) mass is 365 g/mol. The SMILES string of the molecule is Cc1c(F)c(NCCCN(C)CCCN)nc2[nH]cc(C(=O)O)c(=O)c12. The van der Waals surface area contributed by atoms with Crippen LogP contribution in [-0.2, 0) is 0 Å². The van der Waals surface area contributed by atoms with Gasteiger partial charge in [0, 0.05) is 18.3 Å². The lowest BCUT2D eigenvalue weighted by molar-refractivity contribution is 0.0695. The Morgan fingerprint density at radius 3 is 2.77 bits per heavy atom. The number of hydrogen-bond acceptors (Lipinski definition) is 6. The maximum atomic E-state index is 14.5. The molecule has 5 N–H and O–H groups in total. The molecule has 0 amide bonds. The fraction of sp³-hybridized carbons (Fsp3) is 0.471. The third-order valence-corrected chi connectivity index (χ3v) is 4.18. The summed E-state index contributed by atoms with van der Waals surface area (Å²) in [6.45, 7) is 4.34. The summed E-state index contributed by atoms with van der Waals surface area (Å²) in [4.78, 5) is 32.2. The average Bonchev–Trinajstić information content (AvgIpc) is 2.60. The fourth-order valence-corrected chi connectivity index (χ4v) is 2.71. The molecule has 2 aromatic heterocycles. The lowest BCUT2D eigenvalue weighted by atomic mass is 10.1. The van der Waals surface area contributed by atoms with Crippen molar-refractivity contribution in [2.24, 2.45) is 5.73 Å². The first-order valence-electron chi connectivity index (χ1n) is 8.44. The van der Waals surface area contributed by atoms with Gasteiger partial charge >= 0.3 is 5.97 Å². The van der Waals surface area contributed by atoms with Gasteiger partial charge in [-0.25, -0.2) is 14.2 Å². The smallest absolute Gasteiger partial charge is 0.341 e. The maximum Gasteiger partial charge on any atom is 0.341 e. The van der Waals surface area contributed by atoms with Gasteiger partial charge in [-0.2, -0.15) is 0 Å². The molecule has 0 aliphatic carbocycles. The maximum absolute atomic E-state index is 14.5. The van der Waals surface area contributed by atoms with E-state index < -0.39 is 22.8 Å². The number of aryl methyl sites for hydroxylation is 1. The molecule has 0 fully saturated rings. The molecule has 0 saturated carbocycles. The molecule has 0 unspecified atom stereocenters. The summed E-state index contributed by atoms with van der Waals surface area (Å²) >= 11 is 0. The number of aromatic amines is 1. The summed E-state index contributed by atoms with van der Waals surface area (Å²) in [5, 5.41) is 11.9. The van der Waals surface area contributed by atoms with Gasteiger partial charge in [0.1, 0.15) is 11.2 Å². The van der Waals surface area contributed by atoms with Crippen LogP contribution in [0.4, 0.5) is 10.2 Å². The molecule has 26 heavy (non-hydrogen) atoms. The van der Waals surface area contributed by atoms with Crippen LogP contribution in [0.15, 0.2) is 11.0 Å². The van der Waals surface area contributed by atoms with E-state index in [0.717, 1.165) is 32.1 Å². The molecule has 0 radical (unpaired) electrons. The topological polar surface area (TPSA) is 124 Å². The van der Waals surface area contributed by atoms with Crippen LogP contribution in [0.5, 0.6) is 0 Å². The van der Waals surface area contributed by atoms with E-state index in [-0.39, 0.29) is 22.4 Å². The van der Waals surface area contributed by atoms with Crippen molar-refractivity contribution in [1.82, 2.24) is 14.9 Å². The van der Waals surface area contributed by atoms with Gasteiger partial charge in [-0.3, -0.25) is 4.79 Å². The highest BCUT2D eigenvalue weighted by Gasteiger charge is 2.18. The molecule has 0 atom stereocenters. The van der Waals surface area contributed by atoms with Crippen LogP contribution in [0.3, 0.4) is 0 Å². The van der Waals surface area contributed by atoms with Crippen molar-refractivity contribution in [3.63, 3.8) is 0 Å². The van der Waals surface area contributed by atoms with Gasteiger partial charge in [0.15, 0.2) is 11.6 Å². The number of nitrogens with two attached hydrogens (primary N) is 1. The average molecular weight is 365 g/mol. The van der Waals surface area contributed by atoms with Crippen molar-refractivity contribution in [2.75, 3.05) is 38.5 Å². The number of pyridine rings is 2. The molecule has 8 nitrogen and oxygen atoms in total. The summed E-state index contributed by atoms with van der Waals surface area (Å²) < 4.78 is 14.5. The highest BCUT2D eigenvalue weighted by atomic mass is 19.1. The van der Waals surface area contributed by atoms with E-state index >= 15 is 0 Å². The molecular formula is C17H24FN5O3. The fourth-order valence-electron chi connectivity index (χ4n) is 2.71. The zero-order valence-electron chi connectivity index (χ0n) is 14.9. The first-order chi connectivity index (χ1) is 12.4. The number of rotatable bonds is 9. The lowest BCUT2D eigenvalue weighted by Gasteiger charge is -2.16. The number of halogens is 1. The number of anilines is 1. The Morgan fingerprint density at radius 1 is 1.42 bits per heavy atom. The van der Waals surface area contributed by atoms with Crippen LogP contribution < -0.4 is 16.5 Å². The van der Waals surface area contributed by atoms with E-state index in [2.05, 4.69) is 20.2 Å². The Labute approximate surface area is 150 Å². The Hall–Kier alpha value is -2.52. The third kappa shape index (κ3) is 4.36. The Kier molecular flexibility index (Phi) is 6.64. The number of nitrogens with one attached hydrogen (secondary N) is 2. The van der Waals surface area contributed by atoms with Crippen LogP contribution in [-0.4, -0.2) is 59.2 Å². The Balaban J connectivity index is 2.15. The Morgan fingerprint density at radius 2 is 2.12 bits per heavy atom. The van der Waals surface area contributed by atoms with E-state index in [4.69, 9.17) is 10.8 Å². The molecule has 0 aliphatic heterocycles. The first-order valence-corrected chi connectivity index (χ1v) is 8.44. The van der Waals surface area contributed by atoms with Gasteiger partial charge in [-0.15, -0.1) is 0 Å². The van der Waals surface area contributed by atoms with Crippen molar-refractivity contribution >= 4 is 22.8 Å². The summed E-state index contributed by atoms with van der Waals surface area (Å²) in [6.07, 6.45) is 2.79. The van der Waals surface area contributed by atoms with E-state index in [1.165, 1.54) is 6.92 Å². The molecule has 2 heterocycles. The van der Waals surface area contributed by atoms with Crippen molar-refractivity contribution in [2.45, 2.75) is 19.8 Å². The largest absolute Gasteiger partial charge is 0.477 e. The normalized spacial score (nSPS) is 11.3. The number of carboxylic acid groups (broad SMARTS) is 1. The molecule has 2 aromatic rings. The second-order valence-corrected chi connectivity index (χ2v) is 6.19. The van der Waals surface area contributed by atoms with Gasteiger partial charge < -0.3 is 26.0 Å². The standard InChI is InChI=1S/C17H24FN5O3/c1-10-12-14(24)11(17(25)26)9-21-15(12)22-16(13(10)18)20-6-4-8-23(2)7-3-5-19/h9H,3-8,19H2,1-2H3,(H,25,26)(H2,20,21,22,24). The number of aromatic nitrogens is 2. The highest BCUT2D eigenvalue weighted by Crippen LogP contribution is 2.21. The lowest BCUT2D eigenvalue weighted by Crippen LogP contribution is -2.24. The molecule has 0 aromatic carbocycles. The second kappa shape index (κ2) is 8.72. The van der Waals surface area contributed by atoms with Crippen LogP contribution >= 0.6 is 0 Å². The van der Waals surface area contributed by atoms with Crippen molar-refractivity contribution in [3.8, 4) is 0 Å². The van der Waals surface area contributed by atoms with Gasteiger partial charge in [0.05, 0.1) is 5.39 Å². The minimum absolute atomic E-state index is 0.0401. The molecule has 0 spiro atoms. The van der Waals surface area contributed by atoms with Crippen LogP contribution in [0, 0.1) is 12.7 Å². The van der Waals surface area contributed by atoms with Gasteiger partial charge in [-0.1, -0.05) is 0 Å². The van der Waals surface area contributed by atoms with Gasteiger partial charge in [0.25, 0.3) is 0 Å². The van der Waals surface area contributed by atoms with E-state index in [1.54, 1.807) is 0 Å². The van der Waals surface area contributed by atoms with E-state index in [9.17, 15) is 14.0 Å². The van der Waals surface area contributed by atoms with Crippen molar-refractivity contribution < 1.29 is 14.3 Å². The molecule has 0 aliphatic rings. The number of carbonyl (C=O) groups is 1. The van der Waals surface area contributed by atoms with E-state index in [0.29, 0.717) is 13.1 Å². The molecule has 9 heteroatoms. The van der Waals surface area contributed by atoms with Crippen LogP contribution in [0.2, 0.25) is 0 Å². The second-order valence-electron chi connectivity index (χ2n) is 6.19. The third-order valence-electron chi connectivity index (χ3n) is 4.18. The zero-order chi connectivity index (χ0) is 19.3. The highest BCUT2D eigenvalue weighted by molar-refractivity contribution is 5.92. The quantitative estimate of drug-likeness (QED) is 0.491. The molecule has 2 rings (SSSR count). The number of aromatic carboxylic acids is 1. The predicted molar refractivity (Wildman–Crippen MR) is 98.3 cm³/mol. The van der Waals surface area contributed by atoms with Gasteiger partial charge in [0.2, 0.25) is 5.43 Å². The van der Waals surface area contributed by atoms with Gasteiger partial charge in [-0.05, 0) is 46.4 Å². The van der Waals surface area contributed by atoms with Crippen LogP contribution in [0.25, 0.3) is 11.0 Å². The minimum Gasteiger partial charge on any atom is -0.477 e. The predicted octanol–water partition coefficient (Wildman–Crippen LogP) is 1.15. The molecular weight excluding hydrogens is 341 g/mol. The number of fused-ring (bicyclic) bond motifs is 1. The summed E-state index contributed by atoms with van der Waals surface area (Å²) in [7, 11) is 2.00. The number of hydrogen-bond donors (Lipinski definition) is 4. The van der Waals surface area contributed by atoms with Crippen LogP contribution in [0.1, 0.15) is 28.8 Å². The number of carboxylic acids is 1. The first kappa shape index (κ1) is 19.8. The minimum atomic E-state index is -1.37. The molecule has 0 saturated heterocycles. The summed E-state index contributed by atoms with van der Waals surface area (Å²) in [6, 6.07) is 0. The summed E-state index contributed by atoms with van der Waals surface area (Å²) in [5.74, 6) is -1.98. The summed E-state index contributed by atoms with van der Waals surface area (Å²) in [5.41, 5.74) is 4.51. The van der Waals surface area contributed by atoms with E-state index in [1.807, 2.05) is 7.05 Å². The molecule has 0 bridgehead atoms. The van der Waals surface area contributed by atoms with Crippen molar-refractivity contribution in [1.29, 1.82) is 0 Å².